The maximum Gasteiger partial charge on any atom is 0.193 e. The number of benzene rings is 1. The molecule has 1 heterocycles. The van der Waals surface area contributed by atoms with Gasteiger partial charge in [-0.15, -0.1) is 0 Å². The minimum Gasteiger partial charge on any atom is -0.356 e. The Labute approximate surface area is 101 Å². The van der Waals surface area contributed by atoms with Crippen LogP contribution in [0.4, 0.5) is 0 Å². The van der Waals surface area contributed by atoms with Gasteiger partial charge in [0.1, 0.15) is 0 Å². The third-order valence-corrected chi connectivity index (χ3v) is 2.88. The van der Waals surface area contributed by atoms with E-state index in [0.717, 1.165) is 37.0 Å². The molecule has 1 aromatic rings. The maximum absolute atomic E-state index is 5.92. The van der Waals surface area contributed by atoms with Gasteiger partial charge in [-0.2, -0.15) is 0 Å². The van der Waals surface area contributed by atoms with Gasteiger partial charge < -0.3 is 10.2 Å². The normalized spacial score (nSPS) is 15.1. The molecule has 0 radical (unpaired) electrons. The van der Waals surface area contributed by atoms with Crippen LogP contribution in [-0.4, -0.2) is 37.5 Å². The van der Waals surface area contributed by atoms with Crippen LogP contribution in [0.2, 0.25) is 5.02 Å². The first kappa shape index (κ1) is 11.3. The number of likely N-dealkylation sites (N-methyl/N-ethyl adjacent to an activating group) is 1. The summed E-state index contributed by atoms with van der Waals surface area (Å²) in [7, 11) is 2.05. The summed E-state index contributed by atoms with van der Waals surface area (Å²) in [5.41, 5.74) is 1.25. The van der Waals surface area contributed by atoms with E-state index in [1.807, 2.05) is 18.2 Å². The van der Waals surface area contributed by atoms with Crippen molar-refractivity contribution in [3.8, 4) is 0 Å². The molecule has 3 nitrogen and oxygen atoms in total. The molecule has 86 valence electrons. The van der Waals surface area contributed by atoms with Crippen LogP contribution in [-0.2, 0) is 6.42 Å². The Hall–Kier alpha value is -1.22. The zero-order valence-electron chi connectivity index (χ0n) is 9.41. The van der Waals surface area contributed by atoms with Crippen molar-refractivity contribution in [3.05, 3.63) is 34.9 Å². The Morgan fingerprint density at radius 2 is 2.38 bits per heavy atom. The molecule has 0 amide bonds. The molecular formula is C12H16ClN3. The van der Waals surface area contributed by atoms with Crippen LogP contribution in [0.5, 0.6) is 0 Å². The van der Waals surface area contributed by atoms with Crippen LogP contribution in [0.1, 0.15) is 5.56 Å². The van der Waals surface area contributed by atoms with Crippen molar-refractivity contribution in [2.24, 2.45) is 4.99 Å². The molecule has 0 spiro atoms. The van der Waals surface area contributed by atoms with Gasteiger partial charge >= 0.3 is 0 Å². The Morgan fingerprint density at radius 3 is 3.06 bits per heavy atom. The largest absolute Gasteiger partial charge is 0.356 e. The Morgan fingerprint density at radius 1 is 1.50 bits per heavy atom. The molecule has 4 heteroatoms. The van der Waals surface area contributed by atoms with Gasteiger partial charge in [0.2, 0.25) is 0 Å². The van der Waals surface area contributed by atoms with Crippen molar-refractivity contribution in [1.82, 2.24) is 10.2 Å². The van der Waals surface area contributed by atoms with Crippen molar-refractivity contribution in [3.63, 3.8) is 0 Å². The van der Waals surface area contributed by atoms with Crippen LogP contribution in [0.3, 0.4) is 0 Å². The minimum atomic E-state index is 0.799. The fourth-order valence-electron chi connectivity index (χ4n) is 1.73. The highest BCUT2D eigenvalue weighted by molar-refractivity contribution is 6.30. The van der Waals surface area contributed by atoms with Crippen LogP contribution >= 0.6 is 11.6 Å². The van der Waals surface area contributed by atoms with E-state index < -0.39 is 0 Å². The predicted molar refractivity (Wildman–Crippen MR) is 68.1 cm³/mol. The third-order valence-electron chi connectivity index (χ3n) is 2.64. The van der Waals surface area contributed by atoms with Crippen LogP contribution < -0.4 is 5.32 Å². The van der Waals surface area contributed by atoms with E-state index in [4.69, 9.17) is 11.6 Å². The lowest BCUT2D eigenvalue weighted by Crippen LogP contribution is -2.36. The summed E-state index contributed by atoms with van der Waals surface area (Å²) in [6, 6.07) is 7.97. The van der Waals surface area contributed by atoms with Crippen molar-refractivity contribution in [2.75, 3.05) is 26.7 Å². The number of nitrogens with one attached hydrogen (secondary N) is 1. The summed E-state index contributed by atoms with van der Waals surface area (Å²) in [4.78, 5) is 6.51. The van der Waals surface area contributed by atoms with E-state index in [1.54, 1.807) is 0 Å². The van der Waals surface area contributed by atoms with Crippen LogP contribution in [0, 0.1) is 0 Å². The molecule has 0 unspecified atom stereocenters. The number of hydrogen-bond donors (Lipinski definition) is 1. The first-order chi connectivity index (χ1) is 7.75. The molecule has 0 saturated carbocycles. The molecule has 1 N–H and O–H groups in total. The molecule has 0 saturated heterocycles. The molecule has 1 aliphatic heterocycles. The zero-order valence-corrected chi connectivity index (χ0v) is 10.2. The van der Waals surface area contributed by atoms with Crippen LogP contribution in [0.25, 0.3) is 0 Å². The maximum atomic E-state index is 5.92. The third kappa shape index (κ3) is 2.89. The van der Waals surface area contributed by atoms with E-state index in [0.29, 0.717) is 0 Å². The lowest BCUT2D eigenvalue weighted by Gasteiger charge is -2.15. The number of hydrogen-bond acceptors (Lipinski definition) is 3. The molecule has 2 rings (SSSR count). The van der Waals surface area contributed by atoms with E-state index in [9.17, 15) is 0 Å². The molecule has 0 aromatic heterocycles. The smallest absolute Gasteiger partial charge is 0.193 e. The first-order valence-corrected chi connectivity index (χ1v) is 5.87. The van der Waals surface area contributed by atoms with E-state index in [-0.39, 0.29) is 0 Å². The SMILES string of the molecule is CN1CCN=C1NCCc1cccc(Cl)c1. The van der Waals surface area contributed by atoms with Crippen molar-refractivity contribution in [2.45, 2.75) is 6.42 Å². The molecular weight excluding hydrogens is 222 g/mol. The lowest BCUT2D eigenvalue weighted by atomic mass is 10.1. The quantitative estimate of drug-likeness (QED) is 0.868. The molecule has 0 atom stereocenters. The Bertz CT molecular complexity index is 390. The first-order valence-electron chi connectivity index (χ1n) is 5.49. The average Bonchev–Trinajstić information content (AvgIpc) is 2.65. The van der Waals surface area contributed by atoms with Crippen molar-refractivity contribution in [1.29, 1.82) is 0 Å². The summed E-state index contributed by atoms with van der Waals surface area (Å²) in [6.07, 6.45) is 0.966. The number of nitrogens with zero attached hydrogens (tertiary/aromatic N) is 2. The summed E-state index contributed by atoms with van der Waals surface area (Å²) in [6.45, 7) is 2.80. The fraction of sp³-hybridized carbons (Fsp3) is 0.417. The summed E-state index contributed by atoms with van der Waals surface area (Å²) in [5, 5.41) is 4.13. The van der Waals surface area contributed by atoms with Crippen molar-refractivity contribution < 1.29 is 0 Å². The highest BCUT2D eigenvalue weighted by atomic mass is 35.5. The standard InChI is InChI=1S/C12H16ClN3/c1-16-8-7-15-12(16)14-6-5-10-3-2-4-11(13)9-10/h2-4,9H,5-8H2,1H3,(H,14,15). The predicted octanol–water partition coefficient (Wildman–Crippen LogP) is 1.77. The van der Waals surface area contributed by atoms with Gasteiger partial charge in [-0.05, 0) is 24.1 Å². The van der Waals surface area contributed by atoms with Gasteiger partial charge in [-0.1, -0.05) is 23.7 Å². The monoisotopic (exact) mass is 237 g/mol. The Balaban J connectivity index is 1.80. The number of rotatable bonds is 3. The number of aliphatic imine (C=N–C) groups is 1. The van der Waals surface area contributed by atoms with Gasteiger partial charge in [0.25, 0.3) is 0 Å². The summed E-state index contributed by atoms with van der Waals surface area (Å²) >= 11 is 5.92. The van der Waals surface area contributed by atoms with E-state index in [1.165, 1.54) is 5.56 Å². The molecule has 0 aliphatic carbocycles. The number of halogens is 1. The molecule has 1 aliphatic rings. The minimum absolute atomic E-state index is 0.799. The van der Waals surface area contributed by atoms with Crippen LogP contribution in [0.15, 0.2) is 29.3 Å². The van der Waals surface area contributed by atoms with E-state index >= 15 is 0 Å². The second-order valence-corrected chi connectivity index (χ2v) is 4.37. The fourth-order valence-corrected chi connectivity index (χ4v) is 1.95. The second-order valence-electron chi connectivity index (χ2n) is 3.93. The van der Waals surface area contributed by atoms with Crippen molar-refractivity contribution >= 4 is 17.6 Å². The van der Waals surface area contributed by atoms with E-state index in [2.05, 4.69) is 28.3 Å². The summed E-state index contributed by atoms with van der Waals surface area (Å²) in [5.74, 6) is 1.00. The lowest BCUT2D eigenvalue weighted by molar-refractivity contribution is 0.534. The Kier molecular flexibility index (Phi) is 3.67. The topological polar surface area (TPSA) is 27.6 Å². The van der Waals surface area contributed by atoms with Gasteiger partial charge in [-0.3, -0.25) is 4.99 Å². The average molecular weight is 238 g/mol. The highest BCUT2D eigenvalue weighted by Crippen LogP contribution is 2.10. The van der Waals surface area contributed by atoms with Gasteiger partial charge in [-0.25, -0.2) is 0 Å². The van der Waals surface area contributed by atoms with Gasteiger partial charge in [0.05, 0.1) is 6.54 Å². The molecule has 16 heavy (non-hydrogen) atoms. The molecule has 0 bridgehead atoms. The van der Waals surface area contributed by atoms with Gasteiger partial charge in [0, 0.05) is 25.2 Å². The van der Waals surface area contributed by atoms with Gasteiger partial charge in [0.15, 0.2) is 5.96 Å². The zero-order chi connectivity index (χ0) is 11.4. The molecule has 1 aromatic carbocycles. The highest BCUT2D eigenvalue weighted by Gasteiger charge is 2.10. The second kappa shape index (κ2) is 5.21. The summed E-state index contributed by atoms with van der Waals surface area (Å²) < 4.78 is 0. The number of guanidine groups is 1. The molecule has 0 fully saturated rings.